The zero-order chi connectivity index (χ0) is 14.5. The molecule has 0 fully saturated rings. The molecule has 0 saturated heterocycles. The summed E-state index contributed by atoms with van der Waals surface area (Å²) in [5.41, 5.74) is 6.92. The molecular formula is C16H26N2O. The van der Waals surface area contributed by atoms with Crippen molar-refractivity contribution in [3.63, 3.8) is 0 Å². The van der Waals surface area contributed by atoms with Gasteiger partial charge >= 0.3 is 0 Å². The minimum Gasteiger partial charge on any atom is -0.350 e. The summed E-state index contributed by atoms with van der Waals surface area (Å²) in [6, 6.07) is 9.87. The second-order valence-corrected chi connectivity index (χ2v) is 6.13. The van der Waals surface area contributed by atoms with Crippen LogP contribution in [-0.4, -0.2) is 17.5 Å². The van der Waals surface area contributed by atoms with Crippen LogP contribution in [0.1, 0.15) is 39.7 Å². The molecule has 1 amide bonds. The second kappa shape index (κ2) is 6.71. The molecule has 0 saturated carbocycles. The lowest BCUT2D eigenvalue weighted by Crippen LogP contribution is -2.52. The summed E-state index contributed by atoms with van der Waals surface area (Å²) >= 11 is 0. The Morgan fingerprint density at radius 2 is 1.84 bits per heavy atom. The molecule has 0 aliphatic carbocycles. The number of benzene rings is 1. The second-order valence-electron chi connectivity index (χ2n) is 6.13. The minimum atomic E-state index is -0.434. The molecule has 0 bridgehead atoms. The summed E-state index contributed by atoms with van der Waals surface area (Å²) in [6.07, 6.45) is 1.85. The SMILES string of the molecule is CC(C)C(N)C(=O)NC(C)(C)CCc1ccccc1. The van der Waals surface area contributed by atoms with Gasteiger partial charge in [0.25, 0.3) is 0 Å². The Morgan fingerprint density at radius 3 is 2.37 bits per heavy atom. The molecule has 1 aromatic carbocycles. The number of nitrogens with one attached hydrogen (secondary N) is 1. The highest BCUT2D eigenvalue weighted by atomic mass is 16.2. The van der Waals surface area contributed by atoms with E-state index in [9.17, 15) is 4.79 Å². The van der Waals surface area contributed by atoms with Crippen LogP contribution in [0.4, 0.5) is 0 Å². The molecule has 0 spiro atoms. The molecule has 106 valence electrons. The Bertz CT molecular complexity index is 398. The van der Waals surface area contributed by atoms with Gasteiger partial charge in [-0.1, -0.05) is 44.2 Å². The number of carbonyl (C=O) groups excluding carboxylic acids is 1. The normalized spacial score (nSPS) is 13.4. The molecule has 0 aliphatic heterocycles. The van der Waals surface area contributed by atoms with Gasteiger partial charge in [-0.25, -0.2) is 0 Å². The Balaban J connectivity index is 2.50. The van der Waals surface area contributed by atoms with E-state index in [4.69, 9.17) is 5.73 Å². The lowest BCUT2D eigenvalue weighted by Gasteiger charge is -2.29. The molecule has 3 N–H and O–H groups in total. The zero-order valence-corrected chi connectivity index (χ0v) is 12.4. The number of carbonyl (C=O) groups is 1. The lowest BCUT2D eigenvalue weighted by molar-refractivity contribution is -0.124. The fourth-order valence-corrected chi connectivity index (χ4v) is 1.88. The summed E-state index contributed by atoms with van der Waals surface area (Å²) in [5.74, 6) is 0.0954. The van der Waals surface area contributed by atoms with Crippen LogP contribution < -0.4 is 11.1 Å². The summed E-state index contributed by atoms with van der Waals surface area (Å²) in [5, 5.41) is 3.04. The van der Waals surface area contributed by atoms with Crippen molar-refractivity contribution < 1.29 is 4.79 Å². The van der Waals surface area contributed by atoms with Crippen LogP contribution in [0.3, 0.4) is 0 Å². The fourth-order valence-electron chi connectivity index (χ4n) is 1.88. The highest BCUT2D eigenvalue weighted by Crippen LogP contribution is 2.14. The first-order valence-corrected chi connectivity index (χ1v) is 6.93. The van der Waals surface area contributed by atoms with Crippen LogP contribution in [0.15, 0.2) is 30.3 Å². The van der Waals surface area contributed by atoms with E-state index >= 15 is 0 Å². The summed E-state index contributed by atoms with van der Waals surface area (Å²) in [4.78, 5) is 12.0. The van der Waals surface area contributed by atoms with Crippen molar-refractivity contribution in [2.45, 2.75) is 52.1 Å². The first kappa shape index (κ1) is 15.7. The first-order chi connectivity index (χ1) is 8.82. The van der Waals surface area contributed by atoms with E-state index in [0.29, 0.717) is 0 Å². The Hall–Kier alpha value is -1.35. The van der Waals surface area contributed by atoms with E-state index in [2.05, 4.69) is 17.4 Å². The Kier molecular flexibility index (Phi) is 5.55. The van der Waals surface area contributed by atoms with Crippen LogP contribution in [0.25, 0.3) is 0 Å². The van der Waals surface area contributed by atoms with Crippen molar-refractivity contribution in [1.29, 1.82) is 0 Å². The molecule has 3 heteroatoms. The minimum absolute atomic E-state index is 0.0620. The van der Waals surface area contributed by atoms with Crippen molar-refractivity contribution in [3.05, 3.63) is 35.9 Å². The van der Waals surface area contributed by atoms with Gasteiger partial charge in [0.05, 0.1) is 6.04 Å². The van der Waals surface area contributed by atoms with E-state index < -0.39 is 6.04 Å². The van der Waals surface area contributed by atoms with Gasteiger partial charge in [-0.05, 0) is 38.2 Å². The molecule has 0 radical (unpaired) electrons. The number of rotatable bonds is 6. The third kappa shape index (κ3) is 5.43. The van der Waals surface area contributed by atoms with Crippen molar-refractivity contribution in [3.8, 4) is 0 Å². The van der Waals surface area contributed by atoms with Crippen LogP contribution >= 0.6 is 0 Å². The molecule has 19 heavy (non-hydrogen) atoms. The van der Waals surface area contributed by atoms with E-state index in [-0.39, 0.29) is 17.4 Å². The number of hydrogen-bond acceptors (Lipinski definition) is 2. The van der Waals surface area contributed by atoms with Crippen LogP contribution in [0, 0.1) is 5.92 Å². The van der Waals surface area contributed by atoms with Gasteiger partial charge in [-0.2, -0.15) is 0 Å². The van der Waals surface area contributed by atoms with Gasteiger partial charge in [0, 0.05) is 5.54 Å². The smallest absolute Gasteiger partial charge is 0.237 e. The number of nitrogens with two attached hydrogens (primary N) is 1. The molecule has 1 rings (SSSR count). The molecular weight excluding hydrogens is 236 g/mol. The first-order valence-electron chi connectivity index (χ1n) is 6.93. The third-order valence-electron chi connectivity index (χ3n) is 3.36. The van der Waals surface area contributed by atoms with Gasteiger partial charge in [0.2, 0.25) is 5.91 Å². The van der Waals surface area contributed by atoms with Crippen LogP contribution in [0.2, 0.25) is 0 Å². The molecule has 0 aliphatic rings. The molecule has 0 heterocycles. The maximum absolute atomic E-state index is 12.0. The highest BCUT2D eigenvalue weighted by Gasteiger charge is 2.25. The van der Waals surface area contributed by atoms with Gasteiger partial charge in [-0.3, -0.25) is 4.79 Å². The maximum atomic E-state index is 12.0. The monoisotopic (exact) mass is 262 g/mol. The van der Waals surface area contributed by atoms with E-state index in [0.717, 1.165) is 12.8 Å². The number of aryl methyl sites for hydroxylation is 1. The van der Waals surface area contributed by atoms with E-state index in [1.54, 1.807) is 0 Å². The molecule has 1 unspecified atom stereocenters. The predicted molar refractivity (Wildman–Crippen MR) is 79.8 cm³/mol. The van der Waals surface area contributed by atoms with Crippen molar-refractivity contribution in [2.75, 3.05) is 0 Å². The Labute approximate surface area is 116 Å². The highest BCUT2D eigenvalue weighted by molar-refractivity contribution is 5.82. The molecule has 0 aromatic heterocycles. The average molecular weight is 262 g/mol. The topological polar surface area (TPSA) is 55.1 Å². The fraction of sp³-hybridized carbons (Fsp3) is 0.562. The summed E-state index contributed by atoms with van der Waals surface area (Å²) in [6.45, 7) is 8.00. The van der Waals surface area contributed by atoms with Crippen molar-refractivity contribution in [2.24, 2.45) is 11.7 Å². The average Bonchev–Trinajstić information content (AvgIpc) is 2.36. The van der Waals surface area contributed by atoms with Crippen molar-refractivity contribution in [1.82, 2.24) is 5.32 Å². The standard InChI is InChI=1S/C16H26N2O/c1-12(2)14(17)15(19)18-16(3,4)11-10-13-8-6-5-7-9-13/h5-9,12,14H,10-11,17H2,1-4H3,(H,18,19). The zero-order valence-electron chi connectivity index (χ0n) is 12.4. The lowest BCUT2D eigenvalue weighted by atomic mass is 9.94. The largest absolute Gasteiger partial charge is 0.350 e. The number of amides is 1. The van der Waals surface area contributed by atoms with Gasteiger partial charge in [0.15, 0.2) is 0 Å². The van der Waals surface area contributed by atoms with Gasteiger partial charge in [0.1, 0.15) is 0 Å². The van der Waals surface area contributed by atoms with Gasteiger partial charge in [-0.15, -0.1) is 0 Å². The third-order valence-corrected chi connectivity index (χ3v) is 3.36. The maximum Gasteiger partial charge on any atom is 0.237 e. The van der Waals surface area contributed by atoms with E-state index in [1.165, 1.54) is 5.56 Å². The summed E-state index contributed by atoms with van der Waals surface area (Å²) in [7, 11) is 0. The van der Waals surface area contributed by atoms with Crippen LogP contribution in [-0.2, 0) is 11.2 Å². The van der Waals surface area contributed by atoms with E-state index in [1.807, 2.05) is 45.9 Å². The molecule has 1 aromatic rings. The predicted octanol–water partition coefficient (Wildman–Crippen LogP) is 2.50. The number of hydrogen-bond donors (Lipinski definition) is 2. The summed E-state index contributed by atoms with van der Waals surface area (Å²) < 4.78 is 0. The molecule has 3 nitrogen and oxygen atoms in total. The Morgan fingerprint density at radius 1 is 1.26 bits per heavy atom. The van der Waals surface area contributed by atoms with Gasteiger partial charge < -0.3 is 11.1 Å². The van der Waals surface area contributed by atoms with Crippen LogP contribution in [0.5, 0.6) is 0 Å². The quantitative estimate of drug-likeness (QED) is 0.827. The van der Waals surface area contributed by atoms with Crippen molar-refractivity contribution >= 4 is 5.91 Å². The molecule has 1 atom stereocenters.